The molecule has 282 valence electrons. The van der Waals surface area contributed by atoms with E-state index in [0.29, 0.717) is 62.6 Å². The van der Waals surface area contributed by atoms with E-state index in [1.807, 2.05) is 6.92 Å². The number of piperidine rings is 1. The molecule has 2 unspecified atom stereocenters. The number of esters is 1. The van der Waals surface area contributed by atoms with E-state index in [-0.39, 0.29) is 56.0 Å². The molecule has 2 saturated heterocycles. The molecule has 0 spiro atoms. The maximum Gasteiger partial charge on any atom is 0.329 e. The number of amides is 1. The van der Waals surface area contributed by atoms with E-state index in [4.69, 9.17) is 18.9 Å². The summed E-state index contributed by atoms with van der Waals surface area (Å²) in [5, 5.41) is 21.8. The predicted octanol–water partition coefficient (Wildman–Crippen LogP) is 3.25. The second-order valence-electron chi connectivity index (χ2n) is 14.5. The highest BCUT2D eigenvalue weighted by atomic mass is 16.6. The molecule has 3 fully saturated rings. The standard InChI is InChI=1S/C37H57NO12/c1-22(14-16-39)31(47-5)19-27-12-10-25(4)37(46,50-27)34(43)35(44)38-15-8-7-9-28(38)36(45)49-32(20-30(42)24(3)21-40)23(2)17-26-11-13-29(41)33(18-26)48-6/h16,21,23-29,32-33,41,46H,7-15,17-20H2,1-6H3/t23-,24?,25-,26+,27+,28+,29-,32?,33-,37-/m1/s1. The molecule has 13 nitrogen and oxygen atoms in total. The van der Waals surface area contributed by atoms with Gasteiger partial charge in [-0.3, -0.25) is 14.4 Å². The fraction of sp³-hybridized carbons (Fsp3) is 0.784. The van der Waals surface area contributed by atoms with E-state index in [1.165, 1.54) is 14.0 Å². The molecule has 50 heavy (non-hydrogen) atoms. The fourth-order valence-corrected chi connectivity index (χ4v) is 7.45. The zero-order chi connectivity index (χ0) is 37.2. The third kappa shape index (κ3) is 10.3. The molecule has 10 atom stereocenters. The van der Waals surface area contributed by atoms with Gasteiger partial charge in [0.25, 0.3) is 11.7 Å². The Labute approximate surface area is 295 Å². The molecule has 0 aromatic carbocycles. The zero-order valence-electron chi connectivity index (χ0n) is 30.5. The van der Waals surface area contributed by atoms with Gasteiger partial charge in [0.05, 0.1) is 37.1 Å². The Bertz CT molecular complexity index is 1250. The van der Waals surface area contributed by atoms with Gasteiger partial charge in [0, 0.05) is 38.8 Å². The molecule has 1 aliphatic carbocycles. The molecule has 2 heterocycles. The third-order valence-corrected chi connectivity index (χ3v) is 10.9. The molecule has 13 heteroatoms. The predicted molar refractivity (Wildman–Crippen MR) is 180 cm³/mol. The number of methoxy groups -OCH3 is 2. The van der Waals surface area contributed by atoms with Crippen LogP contribution in [0, 0.1) is 23.7 Å². The lowest BCUT2D eigenvalue weighted by molar-refractivity contribution is -0.263. The van der Waals surface area contributed by atoms with Crippen molar-refractivity contribution in [1.82, 2.24) is 4.90 Å². The number of allylic oxidation sites excluding steroid dienone is 1. The number of carbonyl (C=O) groups excluding carboxylic acids is 6. The number of hydrogen-bond donors (Lipinski definition) is 2. The van der Waals surface area contributed by atoms with Crippen molar-refractivity contribution in [3.8, 4) is 0 Å². The first-order chi connectivity index (χ1) is 23.7. The Morgan fingerprint density at radius 2 is 1.76 bits per heavy atom. The van der Waals surface area contributed by atoms with Crippen molar-refractivity contribution in [2.75, 3.05) is 20.8 Å². The minimum Gasteiger partial charge on any atom is -0.501 e. The molecule has 3 rings (SSSR count). The molecule has 1 amide bonds. The van der Waals surface area contributed by atoms with Crippen molar-refractivity contribution < 1.29 is 57.9 Å². The third-order valence-electron chi connectivity index (χ3n) is 10.9. The molecule has 1 saturated carbocycles. The Balaban J connectivity index is 1.78. The van der Waals surface area contributed by atoms with Gasteiger partial charge in [-0.15, -0.1) is 0 Å². The smallest absolute Gasteiger partial charge is 0.329 e. The summed E-state index contributed by atoms with van der Waals surface area (Å²) in [5.41, 5.74) is 0.692. The lowest BCUT2D eigenvalue weighted by Crippen LogP contribution is -2.60. The maximum atomic E-state index is 13.8. The van der Waals surface area contributed by atoms with Gasteiger partial charge in [-0.1, -0.05) is 13.8 Å². The van der Waals surface area contributed by atoms with Crippen LogP contribution in [0.2, 0.25) is 0 Å². The SMILES string of the molecule is COC(C[C@@H]1CC[C@@H](C)[C@](O)(C(=O)C(=O)N2CCCC[C@H]2C(=O)OC(CC(=O)C(C)C=O)[C@H](C)C[C@@H]2CC[C@@H](O)[C@H](OC)C2)O1)=C(C)CC=O. The van der Waals surface area contributed by atoms with Gasteiger partial charge < -0.3 is 43.6 Å². The van der Waals surface area contributed by atoms with Crippen LogP contribution in [0.4, 0.5) is 0 Å². The minimum atomic E-state index is -2.44. The molecule has 2 aliphatic heterocycles. The zero-order valence-corrected chi connectivity index (χ0v) is 30.5. The van der Waals surface area contributed by atoms with Gasteiger partial charge in [0.1, 0.15) is 30.5 Å². The van der Waals surface area contributed by atoms with Gasteiger partial charge in [0.2, 0.25) is 5.79 Å². The Hall–Kier alpha value is -3.00. The maximum absolute atomic E-state index is 13.8. The fourth-order valence-electron chi connectivity index (χ4n) is 7.45. The monoisotopic (exact) mass is 707 g/mol. The van der Waals surface area contributed by atoms with Crippen LogP contribution < -0.4 is 0 Å². The van der Waals surface area contributed by atoms with Crippen molar-refractivity contribution in [1.29, 1.82) is 0 Å². The Morgan fingerprint density at radius 3 is 2.40 bits per heavy atom. The number of likely N-dealkylation sites (tertiary alicyclic amines) is 1. The molecule has 3 aliphatic rings. The lowest BCUT2D eigenvalue weighted by atomic mass is 9.78. The second kappa shape index (κ2) is 19.0. The highest BCUT2D eigenvalue weighted by molar-refractivity contribution is 6.39. The minimum absolute atomic E-state index is 0.0871. The van der Waals surface area contributed by atoms with Crippen molar-refractivity contribution in [2.45, 2.75) is 141 Å². The van der Waals surface area contributed by atoms with Crippen LogP contribution in [-0.2, 0) is 47.7 Å². The van der Waals surface area contributed by atoms with Crippen molar-refractivity contribution >= 4 is 36.0 Å². The molecule has 2 N–H and O–H groups in total. The summed E-state index contributed by atoms with van der Waals surface area (Å²) >= 11 is 0. The van der Waals surface area contributed by atoms with E-state index in [0.717, 1.165) is 17.6 Å². The number of ether oxygens (including phenoxy) is 4. The summed E-state index contributed by atoms with van der Waals surface area (Å²) in [7, 11) is 3.02. The topological polar surface area (TPSA) is 183 Å². The molecular formula is C37H57NO12. The van der Waals surface area contributed by atoms with Gasteiger partial charge in [-0.05, 0) is 89.0 Å². The number of aldehydes is 2. The van der Waals surface area contributed by atoms with Crippen LogP contribution in [0.3, 0.4) is 0 Å². The first-order valence-corrected chi connectivity index (χ1v) is 18.0. The van der Waals surface area contributed by atoms with Crippen LogP contribution in [0.25, 0.3) is 0 Å². The Kier molecular flexibility index (Phi) is 15.7. The van der Waals surface area contributed by atoms with Crippen molar-refractivity contribution in [3.05, 3.63) is 11.3 Å². The summed E-state index contributed by atoms with van der Waals surface area (Å²) in [6.07, 6.45) is 3.74. The van der Waals surface area contributed by atoms with Crippen LogP contribution in [0.1, 0.15) is 105 Å². The van der Waals surface area contributed by atoms with Gasteiger partial charge in [0.15, 0.2) is 0 Å². The number of aliphatic hydroxyl groups excluding tert-OH is 1. The molecule has 0 bridgehead atoms. The highest BCUT2D eigenvalue weighted by Gasteiger charge is 2.53. The molecule has 0 radical (unpaired) electrons. The lowest BCUT2D eigenvalue weighted by Gasteiger charge is -2.42. The Morgan fingerprint density at radius 1 is 1.04 bits per heavy atom. The largest absolute Gasteiger partial charge is 0.501 e. The number of aliphatic hydroxyl groups is 2. The summed E-state index contributed by atoms with van der Waals surface area (Å²) < 4.78 is 22.8. The number of hydrogen-bond acceptors (Lipinski definition) is 12. The van der Waals surface area contributed by atoms with Crippen LogP contribution in [0.5, 0.6) is 0 Å². The normalized spacial score (nSPS) is 31.0. The quantitative estimate of drug-likeness (QED) is 0.0741. The van der Waals surface area contributed by atoms with E-state index >= 15 is 0 Å². The average molecular weight is 708 g/mol. The van der Waals surface area contributed by atoms with Gasteiger partial charge >= 0.3 is 5.97 Å². The molecule has 0 aromatic heterocycles. The molecular weight excluding hydrogens is 650 g/mol. The first kappa shape index (κ1) is 41.4. The summed E-state index contributed by atoms with van der Waals surface area (Å²) in [6.45, 7) is 6.82. The first-order valence-electron chi connectivity index (χ1n) is 18.0. The van der Waals surface area contributed by atoms with Gasteiger partial charge in [-0.2, -0.15) is 0 Å². The summed E-state index contributed by atoms with van der Waals surface area (Å²) in [4.78, 5) is 78.0. The van der Waals surface area contributed by atoms with Crippen LogP contribution in [0.15, 0.2) is 11.3 Å². The number of carbonyl (C=O) groups is 6. The van der Waals surface area contributed by atoms with Crippen molar-refractivity contribution in [2.24, 2.45) is 23.7 Å². The van der Waals surface area contributed by atoms with E-state index < -0.39 is 59.6 Å². The second-order valence-corrected chi connectivity index (χ2v) is 14.5. The number of ketones is 2. The van der Waals surface area contributed by atoms with Crippen LogP contribution >= 0.6 is 0 Å². The average Bonchev–Trinajstić information content (AvgIpc) is 3.11. The van der Waals surface area contributed by atoms with E-state index in [9.17, 15) is 39.0 Å². The molecule has 0 aromatic rings. The number of nitrogens with zero attached hydrogens (tertiary/aromatic N) is 1. The van der Waals surface area contributed by atoms with Crippen LogP contribution in [-0.4, -0.2) is 108 Å². The highest BCUT2D eigenvalue weighted by Crippen LogP contribution is 2.37. The van der Waals surface area contributed by atoms with E-state index in [1.54, 1.807) is 21.0 Å². The van der Waals surface area contributed by atoms with E-state index in [2.05, 4.69) is 0 Å². The number of rotatable bonds is 17. The number of Topliss-reactive ketones (excluding diaryl/α,β-unsaturated/α-hetero) is 2. The van der Waals surface area contributed by atoms with Gasteiger partial charge in [-0.25, -0.2) is 4.79 Å². The summed E-state index contributed by atoms with van der Waals surface area (Å²) in [6, 6.07) is -1.12. The van der Waals surface area contributed by atoms with Crippen molar-refractivity contribution in [3.63, 3.8) is 0 Å². The summed E-state index contributed by atoms with van der Waals surface area (Å²) in [5.74, 6) is -7.05.